The molecule has 7 nitrogen and oxygen atoms in total. The SMILES string of the molecule is CCCCCn1c(-c2cc(OCC(O)COC(=O)C3(C)CC(C)N3C)ccc2OC(F)(F)F)cc2ccccc21. The second kappa shape index (κ2) is 12.1. The van der Waals surface area contributed by atoms with E-state index < -0.39 is 24.0 Å². The van der Waals surface area contributed by atoms with Crippen molar-refractivity contribution in [2.24, 2.45) is 0 Å². The summed E-state index contributed by atoms with van der Waals surface area (Å²) in [7, 11) is 1.85. The second-order valence-corrected chi connectivity index (χ2v) is 10.7. The molecule has 0 amide bonds. The maximum atomic E-state index is 13.3. The van der Waals surface area contributed by atoms with Gasteiger partial charge in [-0.15, -0.1) is 13.2 Å². The minimum absolute atomic E-state index is 0.214. The van der Waals surface area contributed by atoms with E-state index in [1.165, 1.54) is 18.2 Å². The molecule has 3 atom stereocenters. The largest absolute Gasteiger partial charge is 0.573 e. The molecule has 4 rings (SSSR count). The van der Waals surface area contributed by atoms with Crippen LogP contribution in [0.2, 0.25) is 0 Å². The van der Waals surface area contributed by atoms with Crippen molar-refractivity contribution in [3.63, 3.8) is 0 Å². The first-order valence-electron chi connectivity index (χ1n) is 13.6. The molecular weight excluding hydrogens is 525 g/mol. The summed E-state index contributed by atoms with van der Waals surface area (Å²) in [6.45, 7) is 6.06. The molecule has 2 aromatic carbocycles. The molecule has 1 aromatic heterocycles. The molecule has 40 heavy (non-hydrogen) atoms. The zero-order chi connectivity index (χ0) is 29.1. The Labute approximate surface area is 232 Å². The van der Waals surface area contributed by atoms with Gasteiger partial charge >= 0.3 is 12.3 Å². The summed E-state index contributed by atoms with van der Waals surface area (Å²) >= 11 is 0. The smallest absolute Gasteiger partial charge is 0.491 e. The number of fused-ring (bicyclic) bond motifs is 1. The predicted molar refractivity (Wildman–Crippen MR) is 146 cm³/mol. The Bertz CT molecular complexity index is 1320. The summed E-state index contributed by atoms with van der Waals surface area (Å²) < 4.78 is 57.4. The van der Waals surface area contributed by atoms with E-state index in [9.17, 15) is 23.1 Å². The van der Waals surface area contributed by atoms with E-state index in [2.05, 4.69) is 11.7 Å². The van der Waals surface area contributed by atoms with Crippen LogP contribution in [0.5, 0.6) is 11.5 Å². The van der Waals surface area contributed by atoms with Crippen LogP contribution in [-0.2, 0) is 16.1 Å². The minimum Gasteiger partial charge on any atom is -0.491 e. The first kappa shape index (κ1) is 29.7. The topological polar surface area (TPSA) is 73.2 Å². The number of hydrogen-bond donors (Lipinski definition) is 1. The molecule has 1 aliphatic heterocycles. The van der Waals surface area contributed by atoms with Crippen LogP contribution in [0.4, 0.5) is 13.2 Å². The lowest BCUT2D eigenvalue weighted by Gasteiger charge is -2.51. The second-order valence-electron chi connectivity index (χ2n) is 10.7. The number of aryl methyl sites for hydroxylation is 1. The highest BCUT2D eigenvalue weighted by molar-refractivity contribution is 5.88. The number of rotatable bonds is 12. The molecule has 1 N–H and O–H groups in total. The Kier molecular flexibility index (Phi) is 8.99. The Morgan fingerprint density at radius 1 is 1.15 bits per heavy atom. The third kappa shape index (κ3) is 6.55. The first-order valence-corrected chi connectivity index (χ1v) is 13.6. The molecule has 1 saturated heterocycles. The first-order chi connectivity index (χ1) is 18.9. The van der Waals surface area contributed by atoms with Gasteiger partial charge in [0.1, 0.15) is 36.4 Å². The van der Waals surface area contributed by atoms with E-state index in [1.807, 2.05) is 53.8 Å². The van der Waals surface area contributed by atoms with E-state index in [0.717, 1.165) is 30.2 Å². The fraction of sp³-hybridized carbons (Fsp3) is 0.500. The number of aliphatic hydroxyl groups excluding tert-OH is 1. The number of carbonyl (C=O) groups is 1. The van der Waals surface area contributed by atoms with Crippen LogP contribution in [0, 0.1) is 0 Å². The summed E-state index contributed by atoms with van der Waals surface area (Å²) in [6, 6.07) is 13.8. The molecule has 3 unspecified atom stereocenters. The number of aliphatic hydroxyl groups is 1. The van der Waals surface area contributed by atoms with Gasteiger partial charge in [0, 0.05) is 29.1 Å². The normalized spacial score (nSPS) is 20.2. The van der Waals surface area contributed by atoms with Gasteiger partial charge in [-0.2, -0.15) is 0 Å². The molecule has 1 fully saturated rings. The van der Waals surface area contributed by atoms with Crippen LogP contribution < -0.4 is 9.47 Å². The molecule has 0 aliphatic carbocycles. The number of nitrogens with zero attached hydrogens (tertiary/aromatic N) is 2. The summed E-state index contributed by atoms with van der Waals surface area (Å²) in [5.74, 6) is -0.514. The number of likely N-dealkylation sites (tertiary alicyclic amines) is 1. The maximum Gasteiger partial charge on any atom is 0.573 e. The van der Waals surface area contributed by atoms with Crippen molar-refractivity contribution < 1.29 is 37.3 Å². The Morgan fingerprint density at radius 2 is 1.90 bits per heavy atom. The lowest BCUT2D eigenvalue weighted by atomic mass is 9.81. The Hall–Kier alpha value is -3.24. The number of unbranched alkanes of at least 4 members (excludes halogenated alkanes) is 2. The summed E-state index contributed by atoms with van der Waals surface area (Å²) in [4.78, 5) is 14.4. The highest BCUT2D eigenvalue weighted by Gasteiger charge is 2.50. The molecule has 0 spiro atoms. The van der Waals surface area contributed by atoms with Crippen molar-refractivity contribution in [3.05, 3.63) is 48.5 Å². The van der Waals surface area contributed by atoms with Crippen LogP contribution in [0.15, 0.2) is 48.5 Å². The number of ether oxygens (including phenoxy) is 3. The van der Waals surface area contributed by atoms with Gasteiger partial charge in [-0.25, -0.2) is 0 Å². The van der Waals surface area contributed by atoms with Crippen LogP contribution >= 0.6 is 0 Å². The maximum absolute atomic E-state index is 13.3. The van der Waals surface area contributed by atoms with Crippen molar-refractivity contribution in [1.29, 1.82) is 0 Å². The van der Waals surface area contributed by atoms with E-state index in [4.69, 9.17) is 9.47 Å². The summed E-state index contributed by atoms with van der Waals surface area (Å²) in [5.41, 5.74) is 0.983. The number of aromatic nitrogens is 1. The van der Waals surface area contributed by atoms with Gasteiger partial charge in [-0.3, -0.25) is 9.69 Å². The third-order valence-electron chi connectivity index (χ3n) is 7.67. The number of benzene rings is 2. The van der Waals surface area contributed by atoms with Gasteiger partial charge in [0.05, 0.1) is 5.69 Å². The fourth-order valence-corrected chi connectivity index (χ4v) is 5.23. The van der Waals surface area contributed by atoms with Crippen molar-refractivity contribution >= 4 is 16.9 Å². The Morgan fingerprint density at radius 3 is 2.58 bits per heavy atom. The predicted octanol–water partition coefficient (Wildman–Crippen LogP) is 6.16. The van der Waals surface area contributed by atoms with E-state index >= 15 is 0 Å². The fourth-order valence-electron chi connectivity index (χ4n) is 5.23. The lowest BCUT2D eigenvalue weighted by Crippen LogP contribution is -2.66. The molecule has 3 aromatic rings. The van der Waals surface area contributed by atoms with Gasteiger partial charge in [-0.05, 0) is 64.1 Å². The van der Waals surface area contributed by atoms with Crippen LogP contribution in [0.3, 0.4) is 0 Å². The molecule has 0 radical (unpaired) electrons. The highest BCUT2D eigenvalue weighted by atomic mass is 19.4. The van der Waals surface area contributed by atoms with Crippen molar-refractivity contribution in [3.8, 4) is 22.8 Å². The molecule has 2 heterocycles. The zero-order valence-corrected chi connectivity index (χ0v) is 23.3. The quantitative estimate of drug-likeness (QED) is 0.211. The summed E-state index contributed by atoms with van der Waals surface area (Å²) in [5, 5.41) is 11.3. The number of likely N-dealkylation sites (N-methyl/N-ethyl adjacent to an activating group) is 1. The number of carbonyl (C=O) groups excluding carboxylic acids is 1. The number of halogens is 3. The van der Waals surface area contributed by atoms with Gasteiger partial charge in [0.15, 0.2) is 0 Å². The molecule has 218 valence electrons. The minimum atomic E-state index is -4.88. The third-order valence-corrected chi connectivity index (χ3v) is 7.67. The van der Waals surface area contributed by atoms with Crippen LogP contribution in [0.25, 0.3) is 22.2 Å². The average Bonchev–Trinajstić information content (AvgIpc) is 3.28. The lowest BCUT2D eigenvalue weighted by molar-refractivity contribution is -0.274. The van der Waals surface area contributed by atoms with Gasteiger partial charge in [0.25, 0.3) is 0 Å². The van der Waals surface area contributed by atoms with E-state index in [1.54, 1.807) is 6.92 Å². The molecule has 1 aliphatic rings. The standard InChI is InChI=1S/C30H37F3N2O5/c1-5-6-9-14-35-25-11-8-7-10-21(25)15-26(35)24-16-23(12-13-27(24)40-30(31,32)33)38-18-22(36)19-39-28(37)29(3)17-20(2)34(29)4/h7-8,10-13,15-16,20,22,36H,5-6,9,14,17-19H2,1-4H3. The van der Waals surface area contributed by atoms with Crippen molar-refractivity contribution in [2.45, 2.75) is 77.0 Å². The van der Waals surface area contributed by atoms with Crippen LogP contribution in [-0.4, -0.2) is 64.9 Å². The summed E-state index contributed by atoms with van der Waals surface area (Å²) in [6.07, 6.45) is -2.47. The number of esters is 1. The van der Waals surface area contributed by atoms with Gasteiger partial charge < -0.3 is 23.9 Å². The molecule has 0 bridgehead atoms. The highest BCUT2D eigenvalue weighted by Crippen LogP contribution is 2.39. The Balaban J connectivity index is 1.53. The number of alkyl halides is 3. The molecule has 0 saturated carbocycles. The number of hydrogen-bond acceptors (Lipinski definition) is 6. The van der Waals surface area contributed by atoms with E-state index in [0.29, 0.717) is 18.7 Å². The zero-order valence-electron chi connectivity index (χ0n) is 23.3. The average molecular weight is 563 g/mol. The van der Waals surface area contributed by atoms with E-state index in [-0.39, 0.29) is 36.3 Å². The van der Waals surface area contributed by atoms with Gasteiger partial charge in [0.2, 0.25) is 0 Å². The number of para-hydroxylation sites is 1. The molecular formula is C30H37F3N2O5. The van der Waals surface area contributed by atoms with Crippen molar-refractivity contribution in [2.75, 3.05) is 20.3 Å². The monoisotopic (exact) mass is 562 g/mol. The van der Waals surface area contributed by atoms with Gasteiger partial charge in [-0.1, -0.05) is 38.0 Å². The molecule has 10 heteroatoms. The van der Waals surface area contributed by atoms with Crippen molar-refractivity contribution in [1.82, 2.24) is 9.47 Å². The van der Waals surface area contributed by atoms with Crippen LogP contribution in [0.1, 0.15) is 46.5 Å².